The van der Waals surface area contributed by atoms with E-state index in [0.717, 1.165) is 0 Å². The molecule has 1 aromatic heterocycles. The number of H-pyrrole nitrogens is 1. The number of rotatable bonds is 3. The Labute approximate surface area is 147 Å². The van der Waals surface area contributed by atoms with E-state index in [2.05, 4.69) is 27.6 Å². The predicted octanol–water partition coefficient (Wildman–Crippen LogP) is 1.53. The Kier molecular flexibility index (Phi) is 5.34. The fraction of sp³-hybridized carbons (Fsp3) is 0.667. The minimum atomic E-state index is -0.561. The molecule has 1 saturated heterocycles. The molecule has 2 rings (SSSR count). The van der Waals surface area contributed by atoms with Gasteiger partial charge in [0.1, 0.15) is 6.61 Å². The van der Waals surface area contributed by atoms with Gasteiger partial charge in [-0.25, -0.2) is 4.79 Å². The van der Waals surface area contributed by atoms with Crippen LogP contribution in [-0.2, 0) is 14.3 Å². The molecule has 8 heteroatoms. The monoisotopic (exact) mass is 436 g/mol. The normalized spacial score (nSPS) is 24.7. The molecule has 1 aromatic rings. The van der Waals surface area contributed by atoms with Crippen molar-refractivity contribution in [3.63, 3.8) is 0 Å². The van der Waals surface area contributed by atoms with Gasteiger partial charge in [0.05, 0.1) is 15.4 Å². The van der Waals surface area contributed by atoms with Crippen molar-refractivity contribution in [2.24, 2.45) is 5.41 Å². The first-order valence-corrected chi connectivity index (χ1v) is 8.63. The Hall–Kier alpha value is -1.16. The van der Waals surface area contributed by atoms with E-state index in [1.165, 1.54) is 10.8 Å². The van der Waals surface area contributed by atoms with Gasteiger partial charge >= 0.3 is 11.7 Å². The lowest BCUT2D eigenvalue weighted by atomic mass is 9.97. The second kappa shape index (κ2) is 6.76. The fourth-order valence-corrected chi connectivity index (χ4v) is 3.30. The Morgan fingerprint density at radius 2 is 2.13 bits per heavy atom. The molecule has 0 amide bonds. The Morgan fingerprint density at radius 1 is 1.48 bits per heavy atom. The molecule has 1 aliphatic rings. The van der Waals surface area contributed by atoms with Crippen molar-refractivity contribution in [3.05, 3.63) is 32.6 Å². The number of nitrogens with one attached hydrogen (secondary N) is 1. The lowest BCUT2D eigenvalue weighted by molar-refractivity contribution is -0.157. The van der Waals surface area contributed by atoms with Gasteiger partial charge < -0.3 is 9.47 Å². The molecule has 7 nitrogen and oxygen atoms in total. The molecule has 0 radical (unpaired) electrons. The zero-order valence-electron chi connectivity index (χ0n) is 13.6. The van der Waals surface area contributed by atoms with Gasteiger partial charge in [0, 0.05) is 11.8 Å². The summed E-state index contributed by atoms with van der Waals surface area (Å²) in [6.07, 6.45) is 1.40. The first kappa shape index (κ1) is 18.2. The summed E-state index contributed by atoms with van der Waals surface area (Å²) in [5.74, 6) is -0.286. The largest absolute Gasteiger partial charge is 0.463 e. The van der Waals surface area contributed by atoms with Crippen LogP contribution in [0.25, 0.3) is 0 Å². The van der Waals surface area contributed by atoms with Crippen molar-refractivity contribution >= 4 is 28.6 Å². The Morgan fingerprint density at radius 3 is 2.74 bits per heavy atom. The van der Waals surface area contributed by atoms with Gasteiger partial charge in [0.25, 0.3) is 5.56 Å². The van der Waals surface area contributed by atoms with Crippen LogP contribution in [-0.4, -0.2) is 32.2 Å². The maximum Gasteiger partial charge on any atom is 0.330 e. The van der Waals surface area contributed by atoms with E-state index in [1.807, 2.05) is 0 Å². The van der Waals surface area contributed by atoms with Crippen molar-refractivity contribution in [2.75, 3.05) is 6.61 Å². The van der Waals surface area contributed by atoms with Crippen LogP contribution in [0.2, 0.25) is 0 Å². The van der Waals surface area contributed by atoms with E-state index in [9.17, 15) is 14.4 Å². The number of aromatic amines is 1. The summed E-state index contributed by atoms with van der Waals surface area (Å²) in [5, 5.41) is 0. The molecule has 2 heterocycles. The number of alkyl halides is 1. The number of aromatic nitrogens is 2. The molecule has 0 bridgehead atoms. The van der Waals surface area contributed by atoms with Crippen molar-refractivity contribution < 1.29 is 14.3 Å². The van der Waals surface area contributed by atoms with E-state index in [1.54, 1.807) is 27.7 Å². The van der Waals surface area contributed by atoms with Gasteiger partial charge in [0.2, 0.25) is 0 Å². The van der Waals surface area contributed by atoms with E-state index in [-0.39, 0.29) is 22.6 Å². The summed E-state index contributed by atoms with van der Waals surface area (Å²) in [5.41, 5.74) is -1.02. The quantitative estimate of drug-likeness (QED) is 0.441. The molecule has 1 fully saturated rings. The zero-order valence-corrected chi connectivity index (χ0v) is 15.7. The highest BCUT2D eigenvalue weighted by Crippen LogP contribution is 2.34. The molecule has 0 saturated carbocycles. The number of nitrogens with zero attached hydrogens (tertiary/aromatic N) is 1. The molecule has 1 unspecified atom stereocenters. The van der Waals surface area contributed by atoms with Crippen LogP contribution in [0.5, 0.6) is 0 Å². The van der Waals surface area contributed by atoms with Gasteiger partial charge in [-0.05, 0) is 34.1 Å². The highest BCUT2D eigenvalue weighted by atomic mass is 127. The topological polar surface area (TPSA) is 90.4 Å². The molecular formula is C15H21IN2O5. The number of halogens is 1. The summed E-state index contributed by atoms with van der Waals surface area (Å²) in [4.78, 5) is 37.5. The lowest BCUT2D eigenvalue weighted by Crippen LogP contribution is -2.35. The lowest BCUT2D eigenvalue weighted by Gasteiger charge is -2.20. The second-order valence-electron chi connectivity index (χ2n) is 6.73. The highest BCUT2D eigenvalue weighted by Gasteiger charge is 2.36. The summed E-state index contributed by atoms with van der Waals surface area (Å²) < 4.78 is 12.6. The van der Waals surface area contributed by atoms with Crippen LogP contribution in [0.1, 0.15) is 39.0 Å². The van der Waals surface area contributed by atoms with Crippen molar-refractivity contribution in [2.45, 2.75) is 50.4 Å². The Bertz CT molecular complexity index is 703. The molecule has 1 N–H and O–H groups in total. The third-order valence-electron chi connectivity index (χ3n) is 3.56. The van der Waals surface area contributed by atoms with Crippen LogP contribution in [0, 0.1) is 12.3 Å². The van der Waals surface area contributed by atoms with Crippen LogP contribution in [0.15, 0.2) is 15.8 Å². The summed E-state index contributed by atoms with van der Waals surface area (Å²) in [6.45, 7) is 7.16. The number of esters is 1. The first-order chi connectivity index (χ1) is 10.6. The predicted molar refractivity (Wildman–Crippen MR) is 92.8 cm³/mol. The van der Waals surface area contributed by atoms with E-state index >= 15 is 0 Å². The molecule has 0 spiro atoms. The molecule has 128 valence electrons. The minimum Gasteiger partial charge on any atom is -0.463 e. The van der Waals surface area contributed by atoms with E-state index in [0.29, 0.717) is 12.0 Å². The van der Waals surface area contributed by atoms with Crippen LogP contribution in [0.3, 0.4) is 0 Å². The molecule has 3 atom stereocenters. The molecule has 0 aromatic carbocycles. The molecule has 23 heavy (non-hydrogen) atoms. The van der Waals surface area contributed by atoms with Gasteiger partial charge in [-0.2, -0.15) is 0 Å². The van der Waals surface area contributed by atoms with Crippen LogP contribution in [0.4, 0.5) is 0 Å². The maximum absolute atomic E-state index is 12.0. The van der Waals surface area contributed by atoms with E-state index in [4.69, 9.17) is 9.47 Å². The number of hydrogen-bond acceptors (Lipinski definition) is 5. The Balaban J connectivity index is 2.08. The SMILES string of the molecule is Cc1cn([C@H]2O[C@@H](COC(=O)C(C)(C)C)CC2I)c(=O)[nH]c1=O. The highest BCUT2D eigenvalue weighted by molar-refractivity contribution is 14.1. The first-order valence-electron chi connectivity index (χ1n) is 7.38. The molecular weight excluding hydrogens is 415 g/mol. The molecule has 1 aliphatic heterocycles. The zero-order chi connectivity index (χ0) is 17.4. The van der Waals surface area contributed by atoms with Crippen LogP contribution >= 0.6 is 22.6 Å². The van der Waals surface area contributed by atoms with Gasteiger partial charge in [0.15, 0.2) is 6.23 Å². The third kappa shape index (κ3) is 4.23. The second-order valence-corrected chi connectivity index (χ2v) is 8.33. The molecule has 0 aliphatic carbocycles. The summed E-state index contributed by atoms with van der Waals surface area (Å²) in [7, 11) is 0. The van der Waals surface area contributed by atoms with Gasteiger partial charge in [-0.3, -0.25) is 19.1 Å². The summed E-state index contributed by atoms with van der Waals surface area (Å²) >= 11 is 2.21. The number of ether oxygens (including phenoxy) is 2. The number of carbonyl (C=O) groups is 1. The summed E-state index contributed by atoms with van der Waals surface area (Å²) in [6, 6.07) is 0. The average molecular weight is 436 g/mol. The third-order valence-corrected chi connectivity index (χ3v) is 4.69. The van der Waals surface area contributed by atoms with Gasteiger partial charge in [-0.15, -0.1) is 0 Å². The average Bonchev–Trinajstić information content (AvgIpc) is 2.80. The van der Waals surface area contributed by atoms with Crippen LogP contribution < -0.4 is 11.2 Å². The maximum atomic E-state index is 12.0. The fourth-order valence-electron chi connectivity index (χ4n) is 2.21. The van der Waals surface area contributed by atoms with Gasteiger partial charge in [-0.1, -0.05) is 22.6 Å². The number of aryl methyl sites for hydroxylation is 1. The minimum absolute atomic E-state index is 0.0361. The van der Waals surface area contributed by atoms with E-state index < -0.39 is 22.9 Å². The standard InChI is InChI=1S/C15H21IN2O5/c1-8-6-18(14(21)17-11(8)19)12-10(16)5-9(23-12)7-22-13(20)15(2,3)4/h6,9-10,12H,5,7H2,1-4H3,(H,17,19,21)/t9-,10?,12+/m1/s1. The number of hydrogen-bond donors (Lipinski definition) is 1. The smallest absolute Gasteiger partial charge is 0.330 e. The van der Waals surface area contributed by atoms with Crippen molar-refractivity contribution in [3.8, 4) is 0 Å². The number of carbonyl (C=O) groups excluding carboxylic acids is 1. The van der Waals surface area contributed by atoms with Crippen molar-refractivity contribution in [1.29, 1.82) is 0 Å². The van der Waals surface area contributed by atoms with Crippen molar-refractivity contribution in [1.82, 2.24) is 9.55 Å².